The minimum atomic E-state index is -0.337. The second-order valence-corrected chi connectivity index (χ2v) is 5.42. The van der Waals surface area contributed by atoms with Crippen molar-refractivity contribution in [2.75, 3.05) is 0 Å². The maximum absolute atomic E-state index is 12.1. The number of nitrogens with zero attached hydrogens (tertiary/aromatic N) is 1. The molecule has 1 aromatic heterocycles. The Labute approximate surface area is 136 Å². The summed E-state index contributed by atoms with van der Waals surface area (Å²) in [7, 11) is 0. The number of hydrogen-bond acceptors (Lipinski definition) is 2. The Bertz CT molecular complexity index is 817. The topological polar surface area (TPSA) is 57.2 Å². The molecule has 6 heteroatoms. The van der Waals surface area contributed by atoms with Gasteiger partial charge in [0, 0.05) is 16.5 Å². The highest BCUT2D eigenvalue weighted by Gasteiger charge is 2.08. The van der Waals surface area contributed by atoms with Crippen LogP contribution in [-0.4, -0.2) is 17.1 Å². The number of fused-ring (bicyclic) bond motifs is 1. The molecule has 4 nitrogen and oxygen atoms in total. The van der Waals surface area contributed by atoms with Crippen molar-refractivity contribution in [3.05, 3.63) is 69.8 Å². The van der Waals surface area contributed by atoms with Crippen molar-refractivity contribution in [1.29, 1.82) is 0 Å². The molecule has 0 unspecified atom stereocenters. The molecule has 3 rings (SSSR count). The molecule has 22 heavy (non-hydrogen) atoms. The van der Waals surface area contributed by atoms with E-state index in [-0.39, 0.29) is 5.91 Å². The highest BCUT2D eigenvalue weighted by atomic mass is 35.5. The van der Waals surface area contributed by atoms with Crippen molar-refractivity contribution < 1.29 is 4.79 Å². The molecule has 0 radical (unpaired) electrons. The highest BCUT2D eigenvalue weighted by Crippen LogP contribution is 2.22. The van der Waals surface area contributed by atoms with Crippen LogP contribution in [0.4, 0.5) is 0 Å². The number of para-hydroxylation sites is 1. The molecule has 0 aliphatic rings. The Morgan fingerprint density at radius 3 is 2.55 bits per heavy atom. The number of carbonyl (C=O) groups is 1. The fraction of sp³-hybridized carbons (Fsp3) is 0. The summed E-state index contributed by atoms with van der Waals surface area (Å²) in [5.74, 6) is -0.337. The van der Waals surface area contributed by atoms with Crippen LogP contribution in [0.1, 0.15) is 16.1 Å². The fourth-order valence-electron chi connectivity index (χ4n) is 2.05. The van der Waals surface area contributed by atoms with E-state index in [0.29, 0.717) is 21.3 Å². The van der Waals surface area contributed by atoms with Gasteiger partial charge in [0.05, 0.1) is 16.3 Å². The van der Waals surface area contributed by atoms with E-state index in [9.17, 15) is 4.79 Å². The Kier molecular flexibility index (Phi) is 4.13. The number of nitrogens with one attached hydrogen (secondary N) is 2. The first-order valence-corrected chi connectivity index (χ1v) is 7.26. The highest BCUT2D eigenvalue weighted by molar-refractivity contribution is 6.38. The first kappa shape index (κ1) is 14.6. The zero-order valence-electron chi connectivity index (χ0n) is 11.3. The van der Waals surface area contributed by atoms with Gasteiger partial charge in [0.2, 0.25) is 0 Å². The first-order chi connectivity index (χ1) is 10.6. The lowest BCUT2D eigenvalue weighted by molar-refractivity contribution is 0.0951. The smallest absolute Gasteiger partial charge is 0.287 e. The monoisotopic (exact) mass is 331 g/mol. The molecule has 0 aliphatic carbocycles. The lowest BCUT2D eigenvalue weighted by Gasteiger charge is -2.00. The van der Waals surface area contributed by atoms with Gasteiger partial charge in [-0.2, -0.15) is 5.10 Å². The Morgan fingerprint density at radius 1 is 1.09 bits per heavy atom. The average molecular weight is 332 g/mol. The van der Waals surface area contributed by atoms with Gasteiger partial charge in [0.15, 0.2) is 0 Å². The number of hydrazone groups is 1. The van der Waals surface area contributed by atoms with Crippen molar-refractivity contribution in [3.8, 4) is 0 Å². The summed E-state index contributed by atoms with van der Waals surface area (Å²) >= 11 is 12.0. The lowest BCUT2D eigenvalue weighted by Crippen LogP contribution is -2.17. The minimum absolute atomic E-state index is 0.337. The fourth-order valence-corrected chi connectivity index (χ4v) is 2.54. The molecule has 2 aromatic carbocycles. The van der Waals surface area contributed by atoms with E-state index in [1.165, 1.54) is 6.21 Å². The Balaban J connectivity index is 1.76. The van der Waals surface area contributed by atoms with Crippen LogP contribution in [0.5, 0.6) is 0 Å². The third-order valence-corrected chi connectivity index (χ3v) is 3.79. The maximum Gasteiger partial charge on any atom is 0.287 e. The molecule has 3 aromatic rings. The molecular formula is C16H11Cl2N3O. The van der Waals surface area contributed by atoms with Crippen LogP contribution in [0.25, 0.3) is 10.9 Å². The van der Waals surface area contributed by atoms with Crippen LogP contribution in [0.3, 0.4) is 0 Å². The third-order valence-electron chi connectivity index (χ3n) is 3.13. The van der Waals surface area contributed by atoms with Crippen LogP contribution in [-0.2, 0) is 0 Å². The van der Waals surface area contributed by atoms with Gasteiger partial charge in [0.1, 0.15) is 5.69 Å². The summed E-state index contributed by atoms with van der Waals surface area (Å²) in [6.07, 6.45) is 1.42. The minimum Gasteiger partial charge on any atom is -0.350 e. The van der Waals surface area contributed by atoms with E-state index < -0.39 is 0 Å². The predicted molar refractivity (Wildman–Crippen MR) is 89.8 cm³/mol. The number of benzene rings is 2. The number of H-pyrrole nitrogens is 1. The third kappa shape index (κ3) is 2.98. The molecule has 0 aliphatic heterocycles. The molecule has 1 amide bonds. The number of halogens is 2. The van der Waals surface area contributed by atoms with Gasteiger partial charge in [-0.15, -0.1) is 0 Å². The quantitative estimate of drug-likeness (QED) is 0.547. The van der Waals surface area contributed by atoms with Gasteiger partial charge in [-0.1, -0.05) is 47.5 Å². The van der Waals surface area contributed by atoms with Crippen molar-refractivity contribution in [2.24, 2.45) is 5.10 Å². The lowest BCUT2D eigenvalue weighted by atomic mass is 10.2. The van der Waals surface area contributed by atoms with E-state index in [0.717, 1.165) is 10.9 Å². The molecule has 0 saturated heterocycles. The summed E-state index contributed by atoms with van der Waals surface area (Å²) in [5.41, 5.74) is 4.33. The molecule has 0 spiro atoms. The van der Waals surface area contributed by atoms with Crippen LogP contribution >= 0.6 is 23.2 Å². The van der Waals surface area contributed by atoms with Gasteiger partial charge in [-0.05, 0) is 24.3 Å². The Morgan fingerprint density at radius 2 is 1.82 bits per heavy atom. The van der Waals surface area contributed by atoms with Crippen molar-refractivity contribution >= 4 is 46.2 Å². The van der Waals surface area contributed by atoms with E-state index in [1.807, 2.05) is 24.3 Å². The van der Waals surface area contributed by atoms with E-state index in [2.05, 4.69) is 15.5 Å². The molecule has 0 atom stereocenters. The zero-order valence-corrected chi connectivity index (χ0v) is 12.8. The average Bonchev–Trinajstić information content (AvgIpc) is 2.94. The number of aromatic amines is 1. The van der Waals surface area contributed by atoms with E-state index >= 15 is 0 Å². The van der Waals surface area contributed by atoms with Gasteiger partial charge >= 0.3 is 0 Å². The molecular weight excluding hydrogens is 321 g/mol. The summed E-state index contributed by atoms with van der Waals surface area (Å²) < 4.78 is 0. The van der Waals surface area contributed by atoms with Crippen molar-refractivity contribution in [2.45, 2.75) is 0 Å². The van der Waals surface area contributed by atoms with E-state index in [4.69, 9.17) is 23.2 Å². The number of amides is 1. The number of rotatable bonds is 3. The summed E-state index contributed by atoms with van der Waals surface area (Å²) in [5, 5.41) is 5.80. The van der Waals surface area contributed by atoms with Crippen LogP contribution in [0, 0.1) is 0 Å². The molecule has 110 valence electrons. The first-order valence-electron chi connectivity index (χ1n) is 6.50. The molecule has 1 heterocycles. The van der Waals surface area contributed by atoms with Crippen molar-refractivity contribution in [1.82, 2.24) is 10.4 Å². The molecule has 0 bridgehead atoms. The summed E-state index contributed by atoms with van der Waals surface area (Å²) in [6.45, 7) is 0. The molecule has 0 saturated carbocycles. The normalized spacial score (nSPS) is 11.2. The van der Waals surface area contributed by atoms with Gasteiger partial charge in [-0.3, -0.25) is 4.79 Å². The van der Waals surface area contributed by atoms with E-state index in [1.54, 1.807) is 24.3 Å². The number of aromatic nitrogens is 1. The maximum atomic E-state index is 12.1. The number of carbonyl (C=O) groups excluding carboxylic acids is 1. The van der Waals surface area contributed by atoms with Gasteiger partial charge in [-0.25, -0.2) is 5.43 Å². The second-order valence-electron chi connectivity index (χ2n) is 4.60. The Hall–Kier alpha value is -2.30. The van der Waals surface area contributed by atoms with Crippen LogP contribution in [0.15, 0.2) is 53.6 Å². The summed E-state index contributed by atoms with van der Waals surface area (Å²) in [4.78, 5) is 15.1. The number of hydrogen-bond donors (Lipinski definition) is 2. The van der Waals surface area contributed by atoms with Crippen LogP contribution < -0.4 is 5.43 Å². The van der Waals surface area contributed by atoms with Gasteiger partial charge < -0.3 is 4.98 Å². The zero-order chi connectivity index (χ0) is 15.5. The summed E-state index contributed by atoms with van der Waals surface area (Å²) in [6, 6.07) is 14.6. The SMILES string of the molecule is O=C(NN=Cc1c(Cl)cccc1Cl)c1cc2ccccc2[nH]1. The van der Waals surface area contributed by atoms with Crippen molar-refractivity contribution in [3.63, 3.8) is 0 Å². The predicted octanol–water partition coefficient (Wildman–Crippen LogP) is 4.24. The second kappa shape index (κ2) is 6.22. The molecule has 0 fully saturated rings. The van der Waals surface area contributed by atoms with Gasteiger partial charge in [0.25, 0.3) is 5.91 Å². The molecule has 2 N–H and O–H groups in total. The largest absolute Gasteiger partial charge is 0.350 e. The van der Waals surface area contributed by atoms with Crippen LogP contribution in [0.2, 0.25) is 10.0 Å². The standard InChI is InChI=1S/C16H11Cl2N3O/c17-12-5-3-6-13(18)11(12)9-19-21-16(22)15-8-10-4-1-2-7-14(10)20-15/h1-9,20H,(H,21,22).